The highest BCUT2D eigenvalue weighted by molar-refractivity contribution is 7.15. The number of aliphatic hydroxyl groups excluding tert-OH is 1. The highest BCUT2D eigenvalue weighted by Crippen LogP contribution is 2.28. The summed E-state index contributed by atoms with van der Waals surface area (Å²) >= 11 is 1.65. The van der Waals surface area contributed by atoms with Crippen molar-refractivity contribution in [3.8, 4) is 0 Å². The molecule has 1 N–H and O–H groups in total. The summed E-state index contributed by atoms with van der Waals surface area (Å²) in [5.41, 5.74) is 1.26. The van der Waals surface area contributed by atoms with Crippen molar-refractivity contribution in [2.75, 3.05) is 18.5 Å². The number of rotatable bonds is 5. The van der Waals surface area contributed by atoms with Gasteiger partial charge in [-0.05, 0) is 18.4 Å². The van der Waals surface area contributed by atoms with Crippen molar-refractivity contribution >= 4 is 16.5 Å². The van der Waals surface area contributed by atoms with Crippen molar-refractivity contribution in [2.24, 2.45) is 5.92 Å². The number of anilines is 1. The Morgan fingerprint density at radius 3 is 2.73 bits per heavy atom. The van der Waals surface area contributed by atoms with E-state index in [9.17, 15) is 5.11 Å². The number of aliphatic hydroxyl groups is 1. The summed E-state index contributed by atoms with van der Waals surface area (Å²) in [4.78, 5) is 2.14. The van der Waals surface area contributed by atoms with Crippen molar-refractivity contribution in [2.45, 2.75) is 38.2 Å². The van der Waals surface area contributed by atoms with Crippen LogP contribution in [0.15, 0.2) is 30.3 Å². The minimum absolute atomic E-state index is 0.159. The molecule has 1 fully saturated rings. The van der Waals surface area contributed by atoms with Gasteiger partial charge in [0.25, 0.3) is 0 Å². The summed E-state index contributed by atoms with van der Waals surface area (Å²) in [6.45, 7) is 0.862. The lowest BCUT2D eigenvalue weighted by molar-refractivity contribution is 0.0736. The van der Waals surface area contributed by atoms with Gasteiger partial charge in [-0.15, -0.1) is 10.2 Å². The summed E-state index contributed by atoms with van der Waals surface area (Å²) in [7, 11) is 2.05. The van der Waals surface area contributed by atoms with Crippen LogP contribution in [0, 0.1) is 5.92 Å². The molecule has 1 aliphatic rings. The van der Waals surface area contributed by atoms with E-state index in [1.54, 1.807) is 11.3 Å². The molecule has 2 unspecified atom stereocenters. The molecule has 4 nitrogen and oxygen atoms in total. The van der Waals surface area contributed by atoms with Crippen molar-refractivity contribution < 1.29 is 5.11 Å². The third-order valence-corrected chi connectivity index (χ3v) is 5.40. The third-order valence-electron chi connectivity index (χ3n) is 4.36. The predicted molar refractivity (Wildman–Crippen MR) is 90.4 cm³/mol. The summed E-state index contributed by atoms with van der Waals surface area (Å²) < 4.78 is 0. The molecule has 0 aliphatic heterocycles. The quantitative estimate of drug-likeness (QED) is 0.920. The number of aromatic nitrogens is 2. The zero-order valence-corrected chi connectivity index (χ0v) is 13.8. The zero-order valence-electron chi connectivity index (χ0n) is 13.0. The van der Waals surface area contributed by atoms with E-state index < -0.39 is 0 Å². The van der Waals surface area contributed by atoms with Crippen LogP contribution in [0.5, 0.6) is 0 Å². The molecule has 1 aromatic heterocycles. The minimum Gasteiger partial charge on any atom is -0.393 e. The molecule has 1 aromatic carbocycles. The first-order chi connectivity index (χ1) is 10.7. The Morgan fingerprint density at radius 2 is 1.95 bits per heavy atom. The molecule has 5 heteroatoms. The molecular formula is C17H23N3OS. The second kappa shape index (κ2) is 7.20. The molecule has 22 heavy (non-hydrogen) atoms. The summed E-state index contributed by atoms with van der Waals surface area (Å²) in [6, 6.07) is 10.4. The Kier molecular flexibility index (Phi) is 5.05. The summed E-state index contributed by atoms with van der Waals surface area (Å²) in [6.07, 6.45) is 5.10. The van der Waals surface area contributed by atoms with Gasteiger partial charge in [0.2, 0.25) is 5.13 Å². The van der Waals surface area contributed by atoms with Crippen LogP contribution in [0.2, 0.25) is 0 Å². The largest absolute Gasteiger partial charge is 0.393 e. The summed E-state index contributed by atoms with van der Waals surface area (Å²) in [5.74, 6) is 0.361. The average molecular weight is 317 g/mol. The first kappa shape index (κ1) is 15.4. The molecule has 0 spiro atoms. The van der Waals surface area contributed by atoms with Crippen molar-refractivity contribution in [3.05, 3.63) is 40.9 Å². The molecule has 2 atom stereocenters. The van der Waals surface area contributed by atoms with Crippen LogP contribution in [-0.2, 0) is 6.42 Å². The van der Waals surface area contributed by atoms with Gasteiger partial charge in [0.1, 0.15) is 5.01 Å². The van der Waals surface area contributed by atoms with E-state index in [4.69, 9.17) is 0 Å². The van der Waals surface area contributed by atoms with Gasteiger partial charge in [-0.2, -0.15) is 0 Å². The van der Waals surface area contributed by atoms with Gasteiger partial charge in [0.05, 0.1) is 6.10 Å². The lowest BCUT2D eigenvalue weighted by atomic mass is 9.86. The van der Waals surface area contributed by atoms with Gasteiger partial charge in [-0.3, -0.25) is 0 Å². The Balaban J connectivity index is 1.60. The monoisotopic (exact) mass is 317 g/mol. The van der Waals surface area contributed by atoms with Crippen LogP contribution in [-0.4, -0.2) is 35.0 Å². The fraction of sp³-hybridized carbons (Fsp3) is 0.529. The third kappa shape index (κ3) is 3.84. The molecule has 0 amide bonds. The van der Waals surface area contributed by atoms with Crippen LogP contribution in [0.25, 0.3) is 0 Å². The standard InChI is InChI=1S/C17H23N3OS/c1-20(12-14-9-5-6-10-15(14)21)17-19-18-16(22-17)11-13-7-3-2-4-8-13/h2-4,7-8,14-15,21H,5-6,9-12H2,1H3. The maximum atomic E-state index is 10.1. The normalized spacial score (nSPS) is 21.7. The van der Waals surface area contributed by atoms with E-state index >= 15 is 0 Å². The molecule has 1 saturated carbocycles. The molecule has 0 saturated heterocycles. The van der Waals surface area contributed by atoms with Crippen LogP contribution >= 0.6 is 11.3 Å². The van der Waals surface area contributed by atoms with Gasteiger partial charge in [-0.1, -0.05) is 54.5 Å². The molecule has 0 bridgehead atoms. The molecule has 1 aliphatic carbocycles. The van der Waals surface area contributed by atoms with Crippen LogP contribution in [0.3, 0.4) is 0 Å². The molecule has 0 radical (unpaired) electrons. The fourth-order valence-electron chi connectivity index (χ4n) is 3.07. The van der Waals surface area contributed by atoms with Crippen LogP contribution in [0.1, 0.15) is 36.3 Å². The van der Waals surface area contributed by atoms with Crippen molar-refractivity contribution in [1.29, 1.82) is 0 Å². The molecule has 2 aromatic rings. The SMILES string of the molecule is CN(CC1CCCCC1O)c1nnc(Cc2ccccc2)s1. The fourth-order valence-corrected chi connectivity index (χ4v) is 3.92. The second-order valence-corrected chi connectivity index (χ2v) is 7.17. The Morgan fingerprint density at radius 1 is 1.18 bits per heavy atom. The number of hydrogen-bond acceptors (Lipinski definition) is 5. The second-order valence-electron chi connectivity index (χ2n) is 6.13. The van der Waals surface area contributed by atoms with Gasteiger partial charge in [0.15, 0.2) is 0 Å². The van der Waals surface area contributed by atoms with E-state index in [1.807, 2.05) is 25.2 Å². The van der Waals surface area contributed by atoms with Crippen LogP contribution in [0.4, 0.5) is 5.13 Å². The molecule has 118 valence electrons. The Bertz CT molecular complexity index is 587. The topological polar surface area (TPSA) is 49.2 Å². The summed E-state index contributed by atoms with van der Waals surface area (Å²) in [5, 5.41) is 20.7. The number of benzene rings is 1. The van der Waals surface area contributed by atoms with Gasteiger partial charge in [0, 0.05) is 25.9 Å². The van der Waals surface area contributed by atoms with E-state index in [0.717, 1.165) is 42.4 Å². The highest BCUT2D eigenvalue weighted by Gasteiger charge is 2.25. The van der Waals surface area contributed by atoms with E-state index in [0.29, 0.717) is 5.92 Å². The van der Waals surface area contributed by atoms with Crippen LogP contribution < -0.4 is 4.90 Å². The van der Waals surface area contributed by atoms with Crippen molar-refractivity contribution in [3.63, 3.8) is 0 Å². The van der Waals surface area contributed by atoms with E-state index in [1.165, 1.54) is 12.0 Å². The first-order valence-electron chi connectivity index (χ1n) is 7.98. The molecular weight excluding hydrogens is 294 g/mol. The highest BCUT2D eigenvalue weighted by atomic mass is 32.1. The van der Waals surface area contributed by atoms with E-state index in [-0.39, 0.29) is 6.10 Å². The smallest absolute Gasteiger partial charge is 0.208 e. The minimum atomic E-state index is -0.159. The van der Waals surface area contributed by atoms with E-state index in [2.05, 4.69) is 27.2 Å². The molecule has 3 rings (SSSR count). The van der Waals surface area contributed by atoms with Crippen molar-refractivity contribution in [1.82, 2.24) is 10.2 Å². The number of hydrogen-bond donors (Lipinski definition) is 1. The van der Waals surface area contributed by atoms with Gasteiger partial charge < -0.3 is 10.0 Å². The Hall–Kier alpha value is -1.46. The lowest BCUT2D eigenvalue weighted by Gasteiger charge is -2.30. The first-order valence-corrected chi connectivity index (χ1v) is 8.79. The maximum Gasteiger partial charge on any atom is 0.208 e. The molecule has 1 heterocycles. The zero-order chi connectivity index (χ0) is 15.4. The lowest BCUT2D eigenvalue weighted by Crippen LogP contribution is -2.35. The Labute approximate surface area is 135 Å². The number of nitrogens with zero attached hydrogens (tertiary/aromatic N) is 3. The predicted octanol–water partition coefficient (Wildman–Crippen LogP) is 3.12. The average Bonchev–Trinajstić information content (AvgIpc) is 2.99. The maximum absolute atomic E-state index is 10.1. The van der Waals surface area contributed by atoms with Gasteiger partial charge >= 0.3 is 0 Å². The van der Waals surface area contributed by atoms with Gasteiger partial charge in [-0.25, -0.2) is 0 Å².